The molecule has 0 bridgehead atoms. The molecule has 59 valence electrons. The topological polar surface area (TPSA) is 49.0 Å². The first-order chi connectivity index (χ1) is 5.25. The van der Waals surface area contributed by atoms with E-state index in [9.17, 15) is 4.79 Å². The molecule has 1 radical (unpaired) electrons. The standard InChI is InChI=1S/C7H10N3O/c1-6(10(2)5-11)7-8-3-4-9-7/h3-4,6H,1-2H3,(H,8,9). The van der Waals surface area contributed by atoms with Crippen LogP contribution in [-0.2, 0) is 4.79 Å². The van der Waals surface area contributed by atoms with Gasteiger partial charge in [-0.05, 0) is 6.92 Å². The Morgan fingerprint density at radius 3 is 3.00 bits per heavy atom. The Morgan fingerprint density at radius 2 is 2.55 bits per heavy atom. The Balaban J connectivity index is 2.69. The van der Waals surface area contributed by atoms with Crippen molar-refractivity contribution in [2.45, 2.75) is 13.0 Å². The summed E-state index contributed by atoms with van der Waals surface area (Å²) in [6, 6.07) is -0.0394. The van der Waals surface area contributed by atoms with Crippen LogP contribution in [0, 0.1) is 0 Å². The monoisotopic (exact) mass is 152 g/mol. The van der Waals surface area contributed by atoms with E-state index in [0.717, 1.165) is 5.82 Å². The number of imidazole rings is 1. The molecule has 1 aromatic heterocycles. The van der Waals surface area contributed by atoms with Gasteiger partial charge in [-0.1, -0.05) is 0 Å². The van der Waals surface area contributed by atoms with Gasteiger partial charge < -0.3 is 9.88 Å². The molecule has 1 atom stereocenters. The lowest BCUT2D eigenvalue weighted by atomic mass is 10.3. The van der Waals surface area contributed by atoms with Crippen molar-refractivity contribution in [3.05, 3.63) is 18.2 Å². The molecule has 0 saturated heterocycles. The molecular weight excluding hydrogens is 142 g/mol. The molecule has 0 aliphatic heterocycles. The Bertz CT molecular complexity index is 220. The van der Waals surface area contributed by atoms with E-state index in [4.69, 9.17) is 0 Å². The van der Waals surface area contributed by atoms with Crippen LogP contribution in [0.15, 0.2) is 12.4 Å². The van der Waals surface area contributed by atoms with Crippen molar-refractivity contribution in [2.75, 3.05) is 7.05 Å². The van der Waals surface area contributed by atoms with Crippen LogP contribution < -0.4 is 0 Å². The van der Waals surface area contributed by atoms with Crippen molar-refractivity contribution in [1.29, 1.82) is 0 Å². The number of amides is 1. The fraction of sp³-hybridized carbons (Fsp3) is 0.429. The number of aromatic nitrogens is 2. The summed E-state index contributed by atoms with van der Waals surface area (Å²) in [5.74, 6) is 0.774. The highest BCUT2D eigenvalue weighted by Crippen LogP contribution is 2.10. The summed E-state index contributed by atoms with van der Waals surface area (Å²) in [7, 11) is 1.67. The van der Waals surface area contributed by atoms with Crippen molar-refractivity contribution >= 4 is 6.41 Å². The van der Waals surface area contributed by atoms with E-state index in [1.54, 1.807) is 25.9 Å². The van der Waals surface area contributed by atoms with E-state index < -0.39 is 0 Å². The van der Waals surface area contributed by atoms with Gasteiger partial charge in [-0.25, -0.2) is 4.98 Å². The van der Waals surface area contributed by atoms with Gasteiger partial charge in [-0.2, -0.15) is 0 Å². The highest BCUT2D eigenvalue weighted by atomic mass is 16.1. The van der Waals surface area contributed by atoms with Crippen LogP contribution in [0.2, 0.25) is 0 Å². The van der Waals surface area contributed by atoms with Crippen LogP contribution in [0.5, 0.6) is 0 Å². The molecule has 1 N–H and O–H groups in total. The average molecular weight is 152 g/mol. The average Bonchev–Trinajstić information content (AvgIpc) is 2.53. The van der Waals surface area contributed by atoms with Crippen LogP contribution in [0.25, 0.3) is 0 Å². The van der Waals surface area contributed by atoms with E-state index in [1.165, 1.54) is 4.90 Å². The SMILES string of the molecule is CC(c1ncc[nH]1)N(C)[C]=O. The molecular formula is C7H10N3O. The summed E-state index contributed by atoms with van der Waals surface area (Å²) in [6.07, 6.45) is 5.16. The summed E-state index contributed by atoms with van der Waals surface area (Å²) in [5.41, 5.74) is 0. The number of aromatic amines is 1. The molecule has 11 heavy (non-hydrogen) atoms. The lowest BCUT2D eigenvalue weighted by molar-refractivity contribution is 0.356. The van der Waals surface area contributed by atoms with E-state index in [0.29, 0.717) is 0 Å². The van der Waals surface area contributed by atoms with Crippen molar-refractivity contribution < 1.29 is 4.79 Å². The summed E-state index contributed by atoms with van der Waals surface area (Å²) in [5, 5.41) is 0. The summed E-state index contributed by atoms with van der Waals surface area (Å²) >= 11 is 0. The quantitative estimate of drug-likeness (QED) is 0.640. The molecule has 4 heteroatoms. The second-order valence-corrected chi connectivity index (χ2v) is 2.35. The number of nitrogens with zero attached hydrogens (tertiary/aromatic N) is 2. The first-order valence-corrected chi connectivity index (χ1v) is 3.35. The smallest absolute Gasteiger partial charge is 0.312 e. The van der Waals surface area contributed by atoms with Gasteiger partial charge in [0.1, 0.15) is 5.82 Å². The molecule has 1 amide bonds. The second-order valence-electron chi connectivity index (χ2n) is 2.35. The maximum Gasteiger partial charge on any atom is 0.312 e. The van der Waals surface area contributed by atoms with Crippen molar-refractivity contribution in [3.8, 4) is 0 Å². The zero-order chi connectivity index (χ0) is 8.27. The van der Waals surface area contributed by atoms with Gasteiger partial charge in [0, 0.05) is 19.4 Å². The maximum atomic E-state index is 10.2. The molecule has 0 aliphatic rings. The van der Waals surface area contributed by atoms with E-state index in [-0.39, 0.29) is 6.04 Å². The number of nitrogens with one attached hydrogen (secondary N) is 1. The van der Waals surface area contributed by atoms with E-state index in [1.807, 2.05) is 6.92 Å². The molecule has 0 aromatic carbocycles. The van der Waals surface area contributed by atoms with Crippen LogP contribution in [0.3, 0.4) is 0 Å². The molecule has 0 spiro atoms. The Morgan fingerprint density at radius 1 is 1.82 bits per heavy atom. The minimum atomic E-state index is -0.0394. The number of carbonyl (C=O) groups excluding carboxylic acids is 1. The highest BCUT2D eigenvalue weighted by molar-refractivity contribution is 5.48. The van der Waals surface area contributed by atoms with Gasteiger partial charge in [0.15, 0.2) is 0 Å². The van der Waals surface area contributed by atoms with Crippen LogP contribution in [0.4, 0.5) is 0 Å². The zero-order valence-corrected chi connectivity index (χ0v) is 6.53. The van der Waals surface area contributed by atoms with Gasteiger partial charge in [0.25, 0.3) is 0 Å². The van der Waals surface area contributed by atoms with Gasteiger partial charge in [0.2, 0.25) is 0 Å². The molecule has 0 fully saturated rings. The molecule has 0 aliphatic carbocycles. The molecule has 1 rings (SSSR count). The predicted octanol–water partition coefficient (Wildman–Crippen LogP) is 0.470. The second kappa shape index (κ2) is 3.18. The molecule has 1 aromatic rings. The molecule has 1 unspecified atom stereocenters. The largest absolute Gasteiger partial charge is 0.347 e. The zero-order valence-electron chi connectivity index (χ0n) is 6.53. The Kier molecular flexibility index (Phi) is 2.25. The normalized spacial score (nSPS) is 12.5. The van der Waals surface area contributed by atoms with Gasteiger partial charge in [-0.15, -0.1) is 0 Å². The Labute approximate surface area is 65.2 Å². The minimum Gasteiger partial charge on any atom is -0.347 e. The molecule has 4 nitrogen and oxygen atoms in total. The third-order valence-corrected chi connectivity index (χ3v) is 1.64. The summed E-state index contributed by atoms with van der Waals surface area (Å²) < 4.78 is 0. The van der Waals surface area contributed by atoms with Crippen LogP contribution in [-0.4, -0.2) is 28.3 Å². The third kappa shape index (κ3) is 1.58. The molecule has 0 saturated carbocycles. The van der Waals surface area contributed by atoms with Crippen molar-refractivity contribution in [2.24, 2.45) is 0 Å². The van der Waals surface area contributed by atoms with Gasteiger partial charge >= 0.3 is 6.41 Å². The van der Waals surface area contributed by atoms with E-state index >= 15 is 0 Å². The Hall–Kier alpha value is -1.32. The minimum absolute atomic E-state index is 0.0394. The number of hydrogen-bond acceptors (Lipinski definition) is 2. The lowest BCUT2D eigenvalue weighted by Crippen LogP contribution is -2.21. The predicted molar refractivity (Wildman–Crippen MR) is 40.5 cm³/mol. The van der Waals surface area contributed by atoms with Crippen LogP contribution in [0.1, 0.15) is 18.8 Å². The first kappa shape index (κ1) is 7.78. The number of rotatable bonds is 3. The summed E-state index contributed by atoms with van der Waals surface area (Å²) in [4.78, 5) is 18.6. The van der Waals surface area contributed by atoms with Crippen molar-refractivity contribution in [1.82, 2.24) is 14.9 Å². The van der Waals surface area contributed by atoms with Gasteiger partial charge in [-0.3, -0.25) is 4.79 Å². The summed E-state index contributed by atoms with van der Waals surface area (Å²) in [6.45, 7) is 1.88. The van der Waals surface area contributed by atoms with Crippen molar-refractivity contribution in [3.63, 3.8) is 0 Å². The third-order valence-electron chi connectivity index (χ3n) is 1.64. The first-order valence-electron chi connectivity index (χ1n) is 3.35. The van der Waals surface area contributed by atoms with Crippen LogP contribution >= 0.6 is 0 Å². The number of H-pyrrole nitrogens is 1. The fourth-order valence-electron chi connectivity index (χ4n) is 0.768. The van der Waals surface area contributed by atoms with E-state index in [2.05, 4.69) is 9.97 Å². The lowest BCUT2D eigenvalue weighted by Gasteiger charge is -2.16. The fourth-order valence-corrected chi connectivity index (χ4v) is 0.768. The number of hydrogen-bond donors (Lipinski definition) is 1. The highest BCUT2D eigenvalue weighted by Gasteiger charge is 2.11. The van der Waals surface area contributed by atoms with Gasteiger partial charge in [0.05, 0.1) is 6.04 Å². The maximum absolute atomic E-state index is 10.2. The molecule has 1 heterocycles.